The zero-order valence-electron chi connectivity index (χ0n) is 12.5. The van der Waals surface area contributed by atoms with Crippen LogP contribution in [-0.2, 0) is 0 Å². The number of benzene rings is 1. The van der Waals surface area contributed by atoms with E-state index in [0.717, 1.165) is 0 Å². The van der Waals surface area contributed by atoms with Crippen LogP contribution in [-0.4, -0.2) is 20.1 Å². The fourth-order valence-corrected chi connectivity index (χ4v) is 3.09. The van der Waals surface area contributed by atoms with Gasteiger partial charge in [-0.1, -0.05) is 44.4 Å². The quantitative estimate of drug-likeness (QED) is 0.774. The molecule has 0 saturated heterocycles. The maximum Gasteiger partial charge on any atom is 0.0414 e. The van der Waals surface area contributed by atoms with Crippen LogP contribution in [0, 0.1) is 0 Å². The average molecular weight is 260 g/mol. The van der Waals surface area contributed by atoms with Crippen LogP contribution < -0.4 is 10.2 Å². The van der Waals surface area contributed by atoms with E-state index >= 15 is 0 Å². The molecule has 106 valence electrons. The molecule has 2 nitrogen and oxygen atoms in total. The van der Waals surface area contributed by atoms with Crippen LogP contribution in [0.15, 0.2) is 24.3 Å². The highest BCUT2D eigenvalue weighted by molar-refractivity contribution is 5.55. The third-order valence-corrected chi connectivity index (χ3v) is 4.20. The van der Waals surface area contributed by atoms with E-state index in [-0.39, 0.29) is 0 Å². The lowest BCUT2D eigenvalue weighted by Gasteiger charge is -2.25. The first kappa shape index (κ1) is 14.4. The number of nitrogens with one attached hydrogen (secondary N) is 1. The van der Waals surface area contributed by atoms with Crippen LogP contribution in [0.5, 0.6) is 0 Å². The van der Waals surface area contributed by atoms with Gasteiger partial charge in [-0.25, -0.2) is 0 Å². The van der Waals surface area contributed by atoms with Crippen LogP contribution >= 0.6 is 0 Å². The Kier molecular flexibility index (Phi) is 5.71. The molecule has 1 aliphatic heterocycles. The van der Waals surface area contributed by atoms with Gasteiger partial charge in [-0.05, 0) is 37.9 Å². The fraction of sp³-hybridized carbons (Fsp3) is 0.647. The van der Waals surface area contributed by atoms with Crippen LogP contribution in [0.1, 0.15) is 57.1 Å². The minimum absolute atomic E-state index is 0.525. The lowest BCUT2D eigenvalue weighted by Crippen LogP contribution is -2.25. The summed E-state index contributed by atoms with van der Waals surface area (Å²) >= 11 is 0. The number of fused-ring (bicyclic) bond motifs is 1. The van der Waals surface area contributed by atoms with E-state index in [1.807, 2.05) is 0 Å². The third-order valence-electron chi connectivity index (χ3n) is 4.20. The Hall–Kier alpha value is -1.02. The smallest absolute Gasteiger partial charge is 0.0414 e. The van der Waals surface area contributed by atoms with Gasteiger partial charge in [0, 0.05) is 24.8 Å². The summed E-state index contributed by atoms with van der Waals surface area (Å²) in [5.74, 6) is 0. The van der Waals surface area contributed by atoms with E-state index in [1.165, 1.54) is 62.9 Å². The molecule has 0 amide bonds. The third kappa shape index (κ3) is 3.73. The molecule has 0 spiro atoms. The summed E-state index contributed by atoms with van der Waals surface area (Å²) in [6, 6.07) is 9.46. The Morgan fingerprint density at radius 1 is 1.21 bits per heavy atom. The summed E-state index contributed by atoms with van der Waals surface area (Å²) in [4.78, 5) is 2.60. The first-order valence-electron chi connectivity index (χ1n) is 7.88. The first-order chi connectivity index (χ1) is 9.36. The number of para-hydroxylation sites is 1. The highest BCUT2D eigenvalue weighted by Crippen LogP contribution is 2.32. The van der Waals surface area contributed by atoms with E-state index in [4.69, 9.17) is 0 Å². The monoisotopic (exact) mass is 260 g/mol. The molecule has 0 aromatic heterocycles. The van der Waals surface area contributed by atoms with Crippen molar-refractivity contribution in [2.45, 2.75) is 51.5 Å². The molecular weight excluding hydrogens is 232 g/mol. The van der Waals surface area contributed by atoms with Crippen molar-refractivity contribution in [1.29, 1.82) is 0 Å². The number of nitrogens with zero attached hydrogens (tertiary/aromatic N) is 1. The normalized spacial score (nSPS) is 19.1. The zero-order chi connectivity index (χ0) is 13.5. The molecule has 0 aliphatic carbocycles. The average Bonchev–Trinajstić information content (AvgIpc) is 2.63. The van der Waals surface area contributed by atoms with E-state index in [9.17, 15) is 0 Å². The summed E-state index contributed by atoms with van der Waals surface area (Å²) in [5.41, 5.74) is 2.94. The SMILES string of the molecule is CCCCCCN1CCCC(NC)c2ccccc21. The molecule has 0 saturated carbocycles. The number of unbranched alkanes of at least 4 members (excludes halogenated alkanes) is 3. The zero-order valence-corrected chi connectivity index (χ0v) is 12.5. The summed E-state index contributed by atoms with van der Waals surface area (Å²) in [5, 5.41) is 3.47. The van der Waals surface area contributed by atoms with Crippen molar-refractivity contribution >= 4 is 5.69 Å². The lowest BCUT2D eigenvalue weighted by atomic mass is 10.0. The second-order valence-electron chi connectivity index (χ2n) is 5.59. The van der Waals surface area contributed by atoms with Gasteiger partial charge in [0.1, 0.15) is 0 Å². The van der Waals surface area contributed by atoms with Crippen LogP contribution in [0.25, 0.3) is 0 Å². The van der Waals surface area contributed by atoms with Crippen molar-refractivity contribution < 1.29 is 0 Å². The van der Waals surface area contributed by atoms with Crippen LogP contribution in [0.2, 0.25) is 0 Å². The van der Waals surface area contributed by atoms with Crippen molar-refractivity contribution in [2.24, 2.45) is 0 Å². The van der Waals surface area contributed by atoms with E-state index in [2.05, 4.69) is 48.5 Å². The lowest BCUT2D eigenvalue weighted by molar-refractivity contribution is 0.540. The number of anilines is 1. The van der Waals surface area contributed by atoms with Gasteiger partial charge in [0.15, 0.2) is 0 Å². The molecule has 0 radical (unpaired) electrons. The molecule has 1 atom stereocenters. The van der Waals surface area contributed by atoms with Gasteiger partial charge in [-0.15, -0.1) is 0 Å². The molecule has 1 heterocycles. The van der Waals surface area contributed by atoms with Gasteiger partial charge in [-0.2, -0.15) is 0 Å². The second-order valence-corrected chi connectivity index (χ2v) is 5.59. The van der Waals surface area contributed by atoms with Gasteiger partial charge in [0.25, 0.3) is 0 Å². The maximum absolute atomic E-state index is 3.47. The fourth-order valence-electron chi connectivity index (χ4n) is 3.09. The van der Waals surface area contributed by atoms with Gasteiger partial charge in [0.05, 0.1) is 0 Å². The van der Waals surface area contributed by atoms with Crippen molar-refractivity contribution in [1.82, 2.24) is 5.32 Å². The number of rotatable bonds is 6. The van der Waals surface area contributed by atoms with Crippen LogP contribution in [0.3, 0.4) is 0 Å². The standard InChI is InChI=1S/C17H28N2/c1-3-4-5-8-13-19-14-9-11-16(18-2)15-10-6-7-12-17(15)19/h6-7,10,12,16,18H,3-5,8-9,11,13-14H2,1-2H3. The predicted octanol–water partition coefficient (Wildman–Crippen LogP) is 4.13. The summed E-state index contributed by atoms with van der Waals surface area (Å²) in [6.45, 7) is 4.70. The van der Waals surface area contributed by atoms with Crippen molar-refractivity contribution in [3.8, 4) is 0 Å². The molecule has 1 aliphatic rings. The highest BCUT2D eigenvalue weighted by atomic mass is 15.1. The predicted molar refractivity (Wildman–Crippen MR) is 83.8 cm³/mol. The molecular formula is C17H28N2. The van der Waals surface area contributed by atoms with E-state index in [1.54, 1.807) is 0 Å². The molecule has 1 aromatic carbocycles. The summed E-state index contributed by atoms with van der Waals surface area (Å²) in [6.07, 6.45) is 7.91. The van der Waals surface area contributed by atoms with Crippen molar-refractivity contribution in [2.75, 3.05) is 25.0 Å². The maximum atomic E-state index is 3.47. The molecule has 19 heavy (non-hydrogen) atoms. The Morgan fingerprint density at radius 3 is 2.84 bits per heavy atom. The topological polar surface area (TPSA) is 15.3 Å². The molecule has 1 unspecified atom stereocenters. The Labute approximate surface area is 118 Å². The first-order valence-corrected chi connectivity index (χ1v) is 7.88. The minimum atomic E-state index is 0.525. The highest BCUT2D eigenvalue weighted by Gasteiger charge is 2.20. The number of hydrogen-bond acceptors (Lipinski definition) is 2. The summed E-state index contributed by atoms with van der Waals surface area (Å²) < 4.78 is 0. The van der Waals surface area contributed by atoms with Crippen molar-refractivity contribution in [3.63, 3.8) is 0 Å². The van der Waals surface area contributed by atoms with Crippen LogP contribution in [0.4, 0.5) is 5.69 Å². The van der Waals surface area contributed by atoms with Gasteiger partial charge in [0.2, 0.25) is 0 Å². The molecule has 2 rings (SSSR count). The second kappa shape index (κ2) is 7.54. The Morgan fingerprint density at radius 2 is 2.05 bits per heavy atom. The molecule has 1 N–H and O–H groups in total. The molecule has 2 heteroatoms. The number of hydrogen-bond donors (Lipinski definition) is 1. The summed E-state index contributed by atoms with van der Waals surface area (Å²) in [7, 11) is 2.08. The minimum Gasteiger partial charge on any atom is -0.371 e. The van der Waals surface area contributed by atoms with E-state index in [0.29, 0.717) is 6.04 Å². The largest absolute Gasteiger partial charge is 0.371 e. The van der Waals surface area contributed by atoms with Gasteiger partial charge < -0.3 is 10.2 Å². The molecule has 1 aromatic rings. The van der Waals surface area contributed by atoms with Crippen molar-refractivity contribution in [3.05, 3.63) is 29.8 Å². The van der Waals surface area contributed by atoms with E-state index < -0.39 is 0 Å². The van der Waals surface area contributed by atoms with Gasteiger partial charge >= 0.3 is 0 Å². The Bertz CT molecular complexity index is 375. The molecule has 0 fully saturated rings. The Balaban J connectivity index is 2.07. The van der Waals surface area contributed by atoms with Gasteiger partial charge in [-0.3, -0.25) is 0 Å². The molecule has 0 bridgehead atoms.